The summed E-state index contributed by atoms with van der Waals surface area (Å²) in [6.45, 7) is 0.590. The van der Waals surface area contributed by atoms with Gasteiger partial charge in [0.05, 0.1) is 11.0 Å². The van der Waals surface area contributed by atoms with Gasteiger partial charge in [-0.25, -0.2) is 9.97 Å². The van der Waals surface area contributed by atoms with Gasteiger partial charge in [0.25, 0.3) is 0 Å². The Kier molecular flexibility index (Phi) is 2.86. The Bertz CT molecular complexity index is 644. The molecular weight excluding hydrogens is 248 g/mol. The molecule has 2 aromatic heterocycles. The van der Waals surface area contributed by atoms with Crippen LogP contribution in [0.5, 0.6) is 0 Å². The lowest BCUT2D eigenvalue weighted by atomic mass is 10.3. The number of hydrogen-bond acceptors (Lipinski definition) is 3. The third-order valence-corrected chi connectivity index (χ3v) is 3.01. The fraction of sp³-hybridized carbons (Fsp3) is 0.0769. The van der Waals surface area contributed by atoms with Crippen LogP contribution in [0.1, 0.15) is 5.56 Å². The van der Waals surface area contributed by atoms with Crippen molar-refractivity contribution in [3.63, 3.8) is 0 Å². The molecule has 5 heteroatoms. The second-order valence-corrected chi connectivity index (χ2v) is 4.27. The Labute approximate surface area is 109 Å². The minimum atomic E-state index is 0.515. The van der Waals surface area contributed by atoms with Crippen LogP contribution in [0.2, 0.25) is 5.15 Å². The average molecular weight is 259 g/mol. The number of aromatic amines is 1. The van der Waals surface area contributed by atoms with E-state index in [-0.39, 0.29) is 0 Å². The Morgan fingerprint density at radius 3 is 2.89 bits per heavy atom. The zero-order valence-electron chi connectivity index (χ0n) is 9.52. The van der Waals surface area contributed by atoms with Crippen molar-refractivity contribution in [1.82, 2.24) is 15.0 Å². The topological polar surface area (TPSA) is 53.6 Å². The van der Waals surface area contributed by atoms with Crippen LogP contribution < -0.4 is 5.32 Å². The highest BCUT2D eigenvalue weighted by atomic mass is 35.5. The first-order valence-electron chi connectivity index (χ1n) is 5.61. The van der Waals surface area contributed by atoms with Crippen LogP contribution >= 0.6 is 11.6 Å². The Hall–Kier alpha value is -2.07. The first-order chi connectivity index (χ1) is 8.83. The number of pyridine rings is 1. The summed E-state index contributed by atoms with van der Waals surface area (Å²) in [7, 11) is 0. The van der Waals surface area contributed by atoms with E-state index in [4.69, 9.17) is 11.6 Å². The first kappa shape index (κ1) is 11.0. The normalized spacial score (nSPS) is 10.7. The van der Waals surface area contributed by atoms with Crippen molar-refractivity contribution >= 4 is 28.6 Å². The highest BCUT2D eigenvalue weighted by Gasteiger charge is 2.03. The predicted octanol–water partition coefficient (Wildman–Crippen LogP) is 3.22. The van der Waals surface area contributed by atoms with E-state index in [0.29, 0.717) is 11.7 Å². The van der Waals surface area contributed by atoms with Gasteiger partial charge in [-0.15, -0.1) is 0 Å². The van der Waals surface area contributed by atoms with Gasteiger partial charge in [-0.3, -0.25) is 0 Å². The number of benzene rings is 1. The molecule has 0 unspecified atom stereocenters. The van der Waals surface area contributed by atoms with Gasteiger partial charge in [0.15, 0.2) is 0 Å². The van der Waals surface area contributed by atoms with Gasteiger partial charge in [-0.1, -0.05) is 29.8 Å². The van der Waals surface area contributed by atoms with Gasteiger partial charge in [-0.2, -0.15) is 0 Å². The SMILES string of the molecule is Clc1ncccc1CNc1nc2ccccc2[nH]1. The van der Waals surface area contributed by atoms with E-state index in [2.05, 4.69) is 20.3 Å². The third kappa shape index (κ3) is 2.15. The van der Waals surface area contributed by atoms with Crippen LogP contribution in [-0.4, -0.2) is 15.0 Å². The van der Waals surface area contributed by atoms with Gasteiger partial charge in [0.2, 0.25) is 5.95 Å². The Morgan fingerprint density at radius 1 is 1.17 bits per heavy atom. The van der Waals surface area contributed by atoms with E-state index in [1.807, 2.05) is 36.4 Å². The number of anilines is 1. The van der Waals surface area contributed by atoms with Crippen LogP contribution in [0.15, 0.2) is 42.6 Å². The van der Waals surface area contributed by atoms with Gasteiger partial charge in [0, 0.05) is 18.3 Å². The maximum atomic E-state index is 5.99. The van der Waals surface area contributed by atoms with Gasteiger partial charge >= 0.3 is 0 Å². The smallest absolute Gasteiger partial charge is 0.201 e. The maximum Gasteiger partial charge on any atom is 0.201 e. The molecule has 3 aromatic rings. The van der Waals surface area contributed by atoms with Crippen molar-refractivity contribution in [3.8, 4) is 0 Å². The van der Waals surface area contributed by atoms with Crippen LogP contribution in [0.25, 0.3) is 11.0 Å². The molecule has 0 aliphatic carbocycles. The summed E-state index contributed by atoms with van der Waals surface area (Å²) in [6, 6.07) is 11.7. The minimum absolute atomic E-state index is 0.515. The van der Waals surface area contributed by atoms with Gasteiger partial charge in [-0.05, 0) is 18.2 Å². The molecule has 0 spiro atoms. The number of fused-ring (bicyclic) bond motifs is 1. The van der Waals surface area contributed by atoms with Crippen LogP contribution in [0, 0.1) is 0 Å². The molecule has 0 atom stereocenters. The minimum Gasteiger partial charge on any atom is -0.352 e. The number of aromatic nitrogens is 3. The molecule has 18 heavy (non-hydrogen) atoms. The molecule has 90 valence electrons. The first-order valence-corrected chi connectivity index (χ1v) is 5.99. The highest BCUT2D eigenvalue weighted by Crippen LogP contribution is 2.16. The highest BCUT2D eigenvalue weighted by molar-refractivity contribution is 6.30. The second kappa shape index (κ2) is 4.66. The maximum absolute atomic E-state index is 5.99. The molecule has 0 amide bonds. The van der Waals surface area contributed by atoms with Gasteiger partial charge < -0.3 is 10.3 Å². The molecule has 0 aliphatic heterocycles. The monoisotopic (exact) mass is 258 g/mol. The summed E-state index contributed by atoms with van der Waals surface area (Å²) in [5.41, 5.74) is 2.90. The summed E-state index contributed by atoms with van der Waals surface area (Å²) in [6.07, 6.45) is 1.67. The molecule has 0 aliphatic rings. The van der Waals surface area contributed by atoms with Gasteiger partial charge in [0.1, 0.15) is 5.15 Å². The van der Waals surface area contributed by atoms with E-state index in [1.54, 1.807) is 6.20 Å². The molecule has 0 saturated carbocycles. The summed E-state index contributed by atoms with van der Waals surface area (Å²) < 4.78 is 0. The van der Waals surface area contributed by atoms with E-state index < -0.39 is 0 Å². The van der Waals surface area contributed by atoms with E-state index in [1.165, 1.54) is 0 Å². The lowest BCUT2D eigenvalue weighted by Crippen LogP contribution is -2.01. The molecule has 0 bridgehead atoms. The number of halogens is 1. The zero-order chi connectivity index (χ0) is 12.4. The number of nitrogens with zero attached hydrogens (tertiary/aromatic N) is 2. The number of imidazole rings is 1. The second-order valence-electron chi connectivity index (χ2n) is 3.91. The zero-order valence-corrected chi connectivity index (χ0v) is 10.3. The number of hydrogen-bond donors (Lipinski definition) is 2. The molecule has 2 N–H and O–H groups in total. The van der Waals surface area contributed by atoms with Crippen LogP contribution in [0.3, 0.4) is 0 Å². The molecule has 2 heterocycles. The largest absolute Gasteiger partial charge is 0.352 e. The lowest BCUT2D eigenvalue weighted by molar-refractivity contribution is 1.08. The number of H-pyrrole nitrogens is 1. The van der Waals surface area contributed by atoms with E-state index in [9.17, 15) is 0 Å². The molecule has 0 fully saturated rings. The van der Waals surface area contributed by atoms with E-state index in [0.717, 1.165) is 22.5 Å². The molecule has 3 rings (SSSR count). The lowest BCUT2D eigenvalue weighted by Gasteiger charge is -2.03. The summed E-state index contributed by atoms with van der Waals surface area (Å²) in [4.78, 5) is 11.7. The van der Waals surface area contributed by atoms with Crippen molar-refractivity contribution in [1.29, 1.82) is 0 Å². The number of para-hydroxylation sites is 2. The number of nitrogens with one attached hydrogen (secondary N) is 2. The van der Waals surface area contributed by atoms with Crippen molar-refractivity contribution in [2.24, 2.45) is 0 Å². The molecule has 0 saturated heterocycles. The summed E-state index contributed by atoms with van der Waals surface area (Å²) in [5.74, 6) is 0.733. The molecule has 1 aromatic carbocycles. The molecule has 0 radical (unpaired) electrons. The quantitative estimate of drug-likeness (QED) is 0.709. The Morgan fingerprint density at radius 2 is 2.06 bits per heavy atom. The average Bonchev–Trinajstić information content (AvgIpc) is 2.80. The fourth-order valence-electron chi connectivity index (χ4n) is 1.77. The van der Waals surface area contributed by atoms with Crippen molar-refractivity contribution in [3.05, 3.63) is 53.3 Å². The van der Waals surface area contributed by atoms with Crippen molar-refractivity contribution < 1.29 is 0 Å². The summed E-state index contributed by atoms with van der Waals surface area (Å²) in [5, 5.41) is 3.72. The summed E-state index contributed by atoms with van der Waals surface area (Å²) >= 11 is 5.99. The standard InChI is InChI=1S/C13H11ClN4/c14-12-9(4-3-7-15-12)8-16-13-17-10-5-1-2-6-11(10)18-13/h1-7H,8H2,(H2,16,17,18). The third-order valence-electron chi connectivity index (χ3n) is 2.67. The molecule has 4 nitrogen and oxygen atoms in total. The predicted molar refractivity (Wildman–Crippen MR) is 72.7 cm³/mol. The van der Waals surface area contributed by atoms with Crippen LogP contribution in [0.4, 0.5) is 5.95 Å². The fourth-order valence-corrected chi connectivity index (χ4v) is 1.95. The molecular formula is C13H11ClN4. The van der Waals surface area contributed by atoms with Crippen molar-refractivity contribution in [2.75, 3.05) is 5.32 Å². The Balaban J connectivity index is 1.79. The van der Waals surface area contributed by atoms with Crippen molar-refractivity contribution in [2.45, 2.75) is 6.54 Å². The number of rotatable bonds is 3. The van der Waals surface area contributed by atoms with E-state index >= 15 is 0 Å². The van der Waals surface area contributed by atoms with Crippen LogP contribution in [-0.2, 0) is 6.54 Å².